The van der Waals surface area contributed by atoms with E-state index in [0.717, 1.165) is 11.3 Å². The van der Waals surface area contributed by atoms with Gasteiger partial charge in [-0.15, -0.1) is 0 Å². The number of rotatable bonds is 5. The Morgan fingerprint density at radius 2 is 1.79 bits per heavy atom. The van der Waals surface area contributed by atoms with Gasteiger partial charge < -0.3 is 29.2 Å². The number of aryl methyl sites for hydroxylation is 1. The van der Waals surface area contributed by atoms with Crippen LogP contribution in [-0.2, 0) is 20.7 Å². The fourth-order valence-corrected chi connectivity index (χ4v) is 4.27. The molecular formula is C29H31ClN2O6. The Labute approximate surface area is 227 Å². The molecule has 0 aliphatic carbocycles. The number of nitrogens with one attached hydrogen (secondary N) is 1. The van der Waals surface area contributed by atoms with Crippen LogP contribution in [0.3, 0.4) is 0 Å². The van der Waals surface area contributed by atoms with Gasteiger partial charge in [0.1, 0.15) is 12.4 Å². The summed E-state index contributed by atoms with van der Waals surface area (Å²) in [5.74, 6) is 1.74. The van der Waals surface area contributed by atoms with Gasteiger partial charge in [-0.2, -0.15) is 0 Å². The van der Waals surface area contributed by atoms with E-state index < -0.39 is 0 Å². The second kappa shape index (κ2) is 13.7. The smallest absolute Gasteiger partial charge is 0.244 e. The average molecular weight is 539 g/mol. The molecule has 1 N–H and O–H groups in total. The van der Waals surface area contributed by atoms with Crippen molar-refractivity contribution in [3.8, 4) is 23.0 Å². The van der Waals surface area contributed by atoms with E-state index in [1.165, 1.54) is 4.90 Å². The van der Waals surface area contributed by atoms with E-state index in [0.29, 0.717) is 54.0 Å². The lowest BCUT2D eigenvalue weighted by Gasteiger charge is -2.22. The van der Waals surface area contributed by atoms with Crippen LogP contribution < -0.4 is 19.5 Å². The summed E-state index contributed by atoms with van der Waals surface area (Å²) in [4.78, 5) is 27.7. The molecule has 0 atom stereocenters. The molecule has 0 spiro atoms. The molecule has 38 heavy (non-hydrogen) atoms. The minimum Gasteiger partial charge on any atom is -0.496 e. The number of carbonyl (C=O) groups is 2. The van der Waals surface area contributed by atoms with Gasteiger partial charge in [0.25, 0.3) is 0 Å². The molecule has 200 valence electrons. The van der Waals surface area contributed by atoms with Gasteiger partial charge in [0, 0.05) is 18.0 Å². The fourth-order valence-electron chi connectivity index (χ4n) is 4.10. The SMILES string of the molecule is COc1ccccc1CCCC(=O)N1CCOCCOc2ccccc2Oc2ccc(Cl)cc2NC(=O)C1. The maximum Gasteiger partial charge on any atom is 0.244 e. The molecule has 0 radical (unpaired) electrons. The van der Waals surface area contributed by atoms with E-state index in [2.05, 4.69) is 5.32 Å². The second-order valence-electron chi connectivity index (χ2n) is 8.68. The molecule has 2 amide bonds. The summed E-state index contributed by atoms with van der Waals surface area (Å²) >= 11 is 6.21. The molecule has 9 heteroatoms. The van der Waals surface area contributed by atoms with Crippen molar-refractivity contribution in [2.24, 2.45) is 0 Å². The number of ether oxygens (including phenoxy) is 4. The molecule has 3 aromatic rings. The van der Waals surface area contributed by atoms with Gasteiger partial charge in [-0.1, -0.05) is 41.9 Å². The summed E-state index contributed by atoms with van der Waals surface area (Å²) in [6.45, 7) is 1.04. The minimum absolute atomic E-state index is 0.129. The van der Waals surface area contributed by atoms with E-state index in [1.54, 1.807) is 37.4 Å². The lowest BCUT2D eigenvalue weighted by Crippen LogP contribution is -2.40. The highest BCUT2D eigenvalue weighted by molar-refractivity contribution is 6.31. The highest BCUT2D eigenvalue weighted by Crippen LogP contribution is 2.36. The molecular weight excluding hydrogens is 508 g/mol. The standard InChI is InChI=1S/C29H31ClN2O6/c1-35-24-9-3-2-7-21(24)8-6-12-29(34)32-15-16-36-17-18-37-26-10-4-5-11-27(26)38-25-14-13-22(30)19-23(25)31-28(33)20-32/h2-5,7,9-11,13-14,19H,6,8,12,15-18,20H2,1H3,(H,31,33). The summed E-state index contributed by atoms with van der Waals surface area (Å²) in [6, 6.07) is 20.0. The zero-order chi connectivity index (χ0) is 26.7. The number of amides is 2. The molecule has 3 aromatic carbocycles. The molecule has 1 heterocycles. The van der Waals surface area contributed by atoms with Crippen LogP contribution in [0.4, 0.5) is 5.69 Å². The van der Waals surface area contributed by atoms with E-state index in [9.17, 15) is 9.59 Å². The topological polar surface area (TPSA) is 86.3 Å². The Morgan fingerprint density at radius 3 is 2.63 bits per heavy atom. The number of nitrogens with zero attached hydrogens (tertiary/aromatic N) is 1. The molecule has 0 unspecified atom stereocenters. The molecule has 1 aliphatic rings. The zero-order valence-corrected chi connectivity index (χ0v) is 22.0. The predicted molar refractivity (Wildman–Crippen MR) is 145 cm³/mol. The number of fused-ring (bicyclic) bond motifs is 2. The van der Waals surface area contributed by atoms with Gasteiger partial charge in [0.15, 0.2) is 17.2 Å². The molecule has 4 rings (SSSR count). The molecule has 0 aromatic heterocycles. The first-order valence-electron chi connectivity index (χ1n) is 12.5. The number of methoxy groups -OCH3 is 1. The summed E-state index contributed by atoms with van der Waals surface area (Å²) in [5.41, 5.74) is 1.43. The van der Waals surface area contributed by atoms with Crippen LogP contribution in [0.15, 0.2) is 66.7 Å². The van der Waals surface area contributed by atoms with Crippen LogP contribution in [0.2, 0.25) is 5.02 Å². The predicted octanol–water partition coefficient (Wildman–Crippen LogP) is 5.34. The Balaban J connectivity index is 1.47. The van der Waals surface area contributed by atoms with Gasteiger partial charge in [-0.05, 0) is 54.8 Å². The third kappa shape index (κ3) is 7.63. The van der Waals surface area contributed by atoms with Crippen molar-refractivity contribution in [3.63, 3.8) is 0 Å². The number of halogens is 1. The third-order valence-corrected chi connectivity index (χ3v) is 6.23. The third-order valence-electron chi connectivity index (χ3n) is 5.99. The Bertz CT molecular complexity index is 1250. The maximum atomic E-state index is 13.1. The van der Waals surface area contributed by atoms with Gasteiger partial charge in [-0.3, -0.25) is 9.59 Å². The van der Waals surface area contributed by atoms with E-state index in [-0.39, 0.29) is 37.9 Å². The number of hydrogen-bond acceptors (Lipinski definition) is 6. The number of carbonyl (C=O) groups excluding carboxylic acids is 2. The number of benzene rings is 3. The second-order valence-corrected chi connectivity index (χ2v) is 9.12. The average Bonchev–Trinajstić information content (AvgIpc) is 2.92. The van der Waals surface area contributed by atoms with Crippen molar-refractivity contribution in [2.75, 3.05) is 45.3 Å². The zero-order valence-electron chi connectivity index (χ0n) is 21.3. The minimum atomic E-state index is -0.366. The molecule has 0 fully saturated rings. The van der Waals surface area contributed by atoms with Crippen molar-refractivity contribution in [1.82, 2.24) is 4.90 Å². The van der Waals surface area contributed by atoms with Crippen molar-refractivity contribution >= 4 is 29.1 Å². The highest BCUT2D eigenvalue weighted by atomic mass is 35.5. The Morgan fingerprint density at radius 1 is 1.00 bits per heavy atom. The normalized spacial score (nSPS) is 14.5. The lowest BCUT2D eigenvalue weighted by molar-refractivity contribution is -0.135. The van der Waals surface area contributed by atoms with Crippen LogP contribution in [0, 0.1) is 0 Å². The molecule has 8 nitrogen and oxygen atoms in total. The van der Waals surface area contributed by atoms with Gasteiger partial charge >= 0.3 is 0 Å². The van der Waals surface area contributed by atoms with E-state index in [1.807, 2.05) is 36.4 Å². The highest BCUT2D eigenvalue weighted by Gasteiger charge is 2.20. The molecule has 0 saturated heterocycles. The van der Waals surface area contributed by atoms with Gasteiger partial charge in [0.05, 0.1) is 32.6 Å². The quantitative estimate of drug-likeness (QED) is 0.472. The number of anilines is 1. The molecule has 0 bridgehead atoms. The van der Waals surface area contributed by atoms with Crippen molar-refractivity contribution in [2.45, 2.75) is 19.3 Å². The van der Waals surface area contributed by atoms with Crippen molar-refractivity contribution in [1.29, 1.82) is 0 Å². The maximum absolute atomic E-state index is 13.1. The first-order chi connectivity index (χ1) is 18.5. The summed E-state index contributed by atoms with van der Waals surface area (Å²) < 4.78 is 23.0. The first kappa shape index (κ1) is 27.3. The Kier molecular flexibility index (Phi) is 9.84. The lowest BCUT2D eigenvalue weighted by atomic mass is 10.1. The van der Waals surface area contributed by atoms with Crippen molar-refractivity contribution < 1.29 is 28.5 Å². The number of hydrogen-bond donors (Lipinski definition) is 1. The van der Waals surface area contributed by atoms with Crippen LogP contribution in [0.25, 0.3) is 0 Å². The first-order valence-corrected chi connectivity index (χ1v) is 12.9. The van der Waals surface area contributed by atoms with Gasteiger partial charge in [-0.25, -0.2) is 0 Å². The summed E-state index contributed by atoms with van der Waals surface area (Å²) in [7, 11) is 1.63. The Hall–Kier alpha value is -3.75. The monoisotopic (exact) mass is 538 g/mol. The van der Waals surface area contributed by atoms with Crippen LogP contribution in [-0.4, -0.2) is 56.7 Å². The largest absolute Gasteiger partial charge is 0.496 e. The summed E-state index contributed by atoms with van der Waals surface area (Å²) in [5, 5.41) is 3.28. The van der Waals surface area contributed by atoms with Crippen LogP contribution >= 0.6 is 11.6 Å². The number of para-hydroxylation sites is 3. The fraction of sp³-hybridized carbons (Fsp3) is 0.310. The molecule has 0 saturated carbocycles. The van der Waals surface area contributed by atoms with Crippen LogP contribution in [0.5, 0.6) is 23.0 Å². The molecule has 1 aliphatic heterocycles. The van der Waals surface area contributed by atoms with E-state index in [4.69, 9.17) is 30.5 Å². The van der Waals surface area contributed by atoms with Gasteiger partial charge in [0.2, 0.25) is 11.8 Å². The van der Waals surface area contributed by atoms with E-state index >= 15 is 0 Å². The van der Waals surface area contributed by atoms with Crippen LogP contribution in [0.1, 0.15) is 18.4 Å². The summed E-state index contributed by atoms with van der Waals surface area (Å²) in [6.07, 6.45) is 1.60. The van der Waals surface area contributed by atoms with Crippen molar-refractivity contribution in [3.05, 3.63) is 77.3 Å².